The summed E-state index contributed by atoms with van der Waals surface area (Å²) in [5, 5.41) is 3.61. The largest absolute Gasteiger partial charge is 0.382 e. The minimum absolute atomic E-state index is 0.618. The van der Waals surface area contributed by atoms with E-state index < -0.39 is 0 Å². The average molecular weight is 203 g/mol. The van der Waals surface area contributed by atoms with Gasteiger partial charge in [-0.05, 0) is 37.8 Å². The molecule has 0 radical (unpaired) electrons. The molecule has 0 heterocycles. The number of anilines is 1. The average Bonchev–Trinajstić information content (AvgIpc) is 2.31. The molecule has 1 aliphatic carbocycles. The third-order valence-corrected chi connectivity index (χ3v) is 3.53. The molecule has 0 unspecified atom stereocenters. The van der Waals surface area contributed by atoms with E-state index in [9.17, 15) is 0 Å². The van der Waals surface area contributed by atoms with Gasteiger partial charge in [0.15, 0.2) is 0 Å². The third-order valence-electron chi connectivity index (χ3n) is 3.53. The van der Waals surface area contributed by atoms with Gasteiger partial charge in [0.2, 0.25) is 0 Å². The first-order valence-electron chi connectivity index (χ1n) is 6.18. The Morgan fingerprint density at radius 1 is 1.07 bits per heavy atom. The van der Waals surface area contributed by atoms with E-state index in [4.69, 9.17) is 0 Å². The van der Waals surface area contributed by atoms with Crippen molar-refractivity contribution in [2.45, 2.75) is 45.1 Å². The number of hydrogen-bond donors (Lipinski definition) is 1. The molecule has 1 aromatic carbocycles. The van der Waals surface area contributed by atoms with Crippen molar-refractivity contribution < 1.29 is 0 Å². The van der Waals surface area contributed by atoms with Crippen molar-refractivity contribution >= 4 is 5.69 Å². The van der Waals surface area contributed by atoms with Gasteiger partial charge in [0.1, 0.15) is 0 Å². The van der Waals surface area contributed by atoms with E-state index in [1.165, 1.54) is 37.8 Å². The summed E-state index contributed by atoms with van der Waals surface area (Å²) >= 11 is 0. The van der Waals surface area contributed by atoms with Crippen LogP contribution >= 0.6 is 0 Å². The Bertz CT molecular complexity index is 275. The van der Waals surface area contributed by atoms with Gasteiger partial charge < -0.3 is 5.32 Å². The molecule has 1 saturated carbocycles. The zero-order chi connectivity index (χ0) is 10.5. The van der Waals surface area contributed by atoms with Crippen LogP contribution in [0.4, 0.5) is 5.69 Å². The number of benzene rings is 1. The smallest absolute Gasteiger partial charge is 0.0342 e. The van der Waals surface area contributed by atoms with Gasteiger partial charge in [-0.1, -0.05) is 37.5 Å². The fourth-order valence-electron chi connectivity index (χ4n) is 2.55. The molecule has 1 fully saturated rings. The molecular formula is C14H21N. The molecule has 0 aliphatic heterocycles. The summed E-state index contributed by atoms with van der Waals surface area (Å²) in [6.07, 6.45) is 7.09. The van der Waals surface area contributed by atoms with Crippen LogP contribution in [0.5, 0.6) is 0 Å². The summed E-state index contributed by atoms with van der Waals surface area (Å²) in [7, 11) is 0. The lowest BCUT2D eigenvalue weighted by atomic mass is 9.84. The minimum Gasteiger partial charge on any atom is -0.382 e. The van der Waals surface area contributed by atoms with Crippen molar-refractivity contribution in [1.29, 1.82) is 0 Å². The Hall–Kier alpha value is -0.980. The summed E-state index contributed by atoms with van der Waals surface area (Å²) in [4.78, 5) is 0. The standard InChI is InChI=1S/C14H21N/c1-12(13-8-4-2-5-9-13)15-14-10-6-3-7-11-14/h3,6-7,10-13,15H,2,4-5,8-9H2,1H3/t12-/m1/s1. The molecule has 0 saturated heterocycles. The van der Waals surface area contributed by atoms with E-state index in [2.05, 4.69) is 42.6 Å². The maximum absolute atomic E-state index is 3.61. The summed E-state index contributed by atoms with van der Waals surface area (Å²) in [6.45, 7) is 2.32. The van der Waals surface area contributed by atoms with Crippen molar-refractivity contribution in [1.82, 2.24) is 0 Å². The highest BCUT2D eigenvalue weighted by atomic mass is 14.9. The van der Waals surface area contributed by atoms with Gasteiger partial charge in [-0.3, -0.25) is 0 Å². The molecule has 2 rings (SSSR count). The molecular weight excluding hydrogens is 182 g/mol. The number of hydrogen-bond acceptors (Lipinski definition) is 1. The highest BCUT2D eigenvalue weighted by Crippen LogP contribution is 2.27. The van der Waals surface area contributed by atoms with Crippen LogP contribution in [-0.2, 0) is 0 Å². The molecule has 0 bridgehead atoms. The molecule has 82 valence electrons. The molecule has 1 N–H and O–H groups in total. The highest BCUT2D eigenvalue weighted by molar-refractivity contribution is 5.43. The Kier molecular flexibility index (Phi) is 3.65. The maximum atomic E-state index is 3.61. The van der Waals surface area contributed by atoms with E-state index in [1.54, 1.807) is 0 Å². The SMILES string of the molecule is C[C@@H](Nc1ccccc1)C1CCCCC1. The molecule has 1 aromatic rings. The molecule has 1 nitrogen and oxygen atoms in total. The molecule has 1 atom stereocenters. The second-order valence-corrected chi connectivity index (χ2v) is 4.70. The van der Waals surface area contributed by atoms with Crippen LogP contribution in [0, 0.1) is 5.92 Å². The van der Waals surface area contributed by atoms with Gasteiger partial charge in [0.05, 0.1) is 0 Å². The topological polar surface area (TPSA) is 12.0 Å². The Morgan fingerprint density at radius 3 is 2.40 bits per heavy atom. The molecule has 0 spiro atoms. The van der Waals surface area contributed by atoms with Crippen LogP contribution < -0.4 is 5.32 Å². The number of para-hydroxylation sites is 1. The summed E-state index contributed by atoms with van der Waals surface area (Å²) in [6, 6.07) is 11.2. The summed E-state index contributed by atoms with van der Waals surface area (Å²) in [5.74, 6) is 0.874. The van der Waals surface area contributed by atoms with Crippen molar-refractivity contribution in [2.75, 3.05) is 5.32 Å². The van der Waals surface area contributed by atoms with E-state index in [0.29, 0.717) is 6.04 Å². The van der Waals surface area contributed by atoms with Crippen LogP contribution in [0.2, 0.25) is 0 Å². The lowest BCUT2D eigenvalue weighted by Crippen LogP contribution is -2.27. The van der Waals surface area contributed by atoms with Crippen molar-refractivity contribution in [3.63, 3.8) is 0 Å². The van der Waals surface area contributed by atoms with E-state index in [-0.39, 0.29) is 0 Å². The molecule has 1 heteroatoms. The van der Waals surface area contributed by atoms with Gasteiger partial charge >= 0.3 is 0 Å². The van der Waals surface area contributed by atoms with Crippen molar-refractivity contribution in [3.05, 3.63) is 30.3 Å². The lowest BCUT2D eigenvalue weighted by molar-refractivity contribution is 0.328. The second kappa shape index (κ2) is 5.20. The number of nitrogens with one attached hydrogen (secondary N) is 1. The van der Waals surface area contributed by atoms with Gasteiger partial charge in [0.25, 0.3) is 0 Å². The fourth-order valence-corrected chi connectivity index (χ4v) is 2.55. The zero-order valence-corrected chi connectivity index (χ0v) is 9.58. The molecule has 15 heavy (non-hydrogen) atoms. The van der Waals surface area contributed by atoms with Crippen molar-refractivity contribution in [3.8, 4) is 0 Å². The van der Waals surface area contributed by atoms with Crippen LogP contribution in [-0.4, -0.2) is 6.04 Å². The predicted octanol–water partition coefficient (Wildman–Crippen LogP) is 4.07. The quantitative estimate of drug-likeness (QED) is 0.781. The Labute approximate surface area is 92.9 Å². The van der Waals surface area contributed by atoms with Gasteiger partial charge in [-0.2, -0.15) is 0 Å². The normalized spacial score (nSPS) is 19.8. The summed E-state index contributed by atoms with van der Waals surface area (Å²) in [5.41, 5.74) is 1.26. The van der Waals surface area contributed by atoms with Crippen LogP contribution in [0.1, 0.15) is 39.0 Å². The fraction of sp³-hybridized carbons (Fsp3) is 0.571. The summed E-state index contributed by atoms with van der Waals surface area (Å²) < 4.78 is 0. The van der Waals surface area contributed by atoms with Crippen LogP contribution in [0.15, 0.2) is 30.3 Å². The van der Waals surface area contributed by atoms with Gasteiger partial charge in [0, 0.05) is 11.7 Å². The first kappa shape index (κ1) is 10.5. The zero-order valence-electron chi connectivity index (χ0n) is 9.58. The van der Waals surface area contributed by atoms with Gasteiger partial charge in [-0.15, -0.1) is 0 Å². The maximum Gasteiger partial charge on any atom is 0.0342 e. The van der Waals surface area contributed by atoms with Crippen LogP contribution in [0.25, 0.3) is 0 Å². The number of rotatable bonds is 3. The molecule has 0 amide bonds. The minimum atomic E-state index is 0.618. The van der Waals surface area contributed by atoms with E-state index in [1.807, 2.05) is 0 Å². The van der Waals surface area contributed by atoms with E-state index in [0.717, 1.165) is 5.92 Å². The lowest BCUT2D eigenvalue weighted by Gasteiger charge is -2.29. The molecule has 1 aliphatic rings. The first-order valence-corrected chi connectivity index (χ1v) is 6.18. The Morgan fingerprint density at radius 2 is 1.73 bits per heavy atom. The first-order chi connectivity index (χ1) is 7.36. The van der Waals surface area contributed by atoms with Crippen molar-refractivity contribution in [2.24, 2.45) is 5.92 Å². The van der Waals surface area contributed by atoms with Crippen LogP contribution in [0.3, 0.4) is 0 Å². The Balaban J connectivity index is 1.88. The van der Waals surface area contributed by atoms with Gasteiger partial charge in [-0.25, -0.2) is 0 Å². The van der Waals surface area contributed by atoms with E-state index >= 15 is 0 Å². The monoisotopic (exact) mass is 203 g/mol. The predicted molar refractivity (Wildman–Crippen MR) is 66.1 cm³/mol. The highest BCUT2D eigenvalue weighted by Gasteiger charge is 2.19. The molecule has 0 aromatic heterocycles. The second-order valence-electron chi connectivity index (χ2n) is 4.70. The third kappa shape index (κ3) is 2.98.